The predicted octanol–water partition coefficient (Wildman–Crippen LogP) is 0.433. The monoisotopic (exact) mass is 134 g/mol. The zero-order chi connectivity index (χ0) is 6.97. The zero-order valence-electron chi connectivity index (χ0n) is 5.52. The Morgan fingerprint density at radius 1 is 1.50 bits per heavy atom. The van der Waals surface area contributed by atoms with Gasteiger partial charge in [-0.25, -0.2) is 4.52 Å². The summed E-state index contributed by atoms with van der Waals surface area (Å²) in [7, 11) is 0. The summed E-state index contributed by atoms with van der Waals surface area (Å²) < 4.78 is 1.70. The van der Waals surface area contributed by atoms with Gasteiger partial charge in [-0.3, -0.25) is 4.98 Å². The third kappa shape index (κ3) is 0.586. The Balaban J connectivity index is 2.93. The molecule has 0 spiro atoms. The van der Waals surface area contributed by atoms with Crippen molar-refractivity contribution in [1.29, 1.82) is 0 Å². The van der Waals surface area contributed by atoms with Crippen molar-refractivity contribution >= 4 is 5.52 Å². The topological polar surface area (TPSA) is 43.1 Å². The van der Waals surface area contributed by atoms with Gasteiger partial charge in [0.25, 0.3) is 0 Å². The summed E-state index contributed by atoms with van der Waals surface area (Å²) in [5.41, 5.74) is 1.87. The molecule has 0 fully saturated rings. The summed E-state index contributed by atoms with van der Waals surface area (Å²) in [6.45, 7) is 1.91. The van der Waals surface area contributed by atoms with Gasteiger partial charge in [0, 0.05) is 12.4 Å². The van der Waals surface area contributed by atoms with Crippen LogP contribution in [-0.2, 0) is 0 Å². The van der Waals surface area contributed by atoms with Crippen LogP contribution in [0.4, 0.5) is 0 Å². The molecule has 2 heterocycles. The summed E-state index contributed by atoms with van der Waals surface area (Å²) in [5, 5.41) is 7.71. The summed E-state index contributed by atoms with van der Waals surface area (Å²) in [4.78, 5) is 3.95. The third-order valence-electron chi connectivity index (χ3n) is 1.40. The van der Waals surface area contributed by atoms with Crippen LogP contribution in [0.5, 0.6) is 0 Å². The minimum atomic E-state index is 0.910. The van der Waals surface area contributed by atoms with E-state index in [9.17, 15) is 0 Å². The fourth-order valence-electron chi connectivity index (χ4n) is 0.858. The number of aromatic nitrogens is 4. The van der Waals surface area contributed by atoms with E-state index in [2.05, 4.69) is 15.3 Å². The van der Waals surface area contributed by atoms with Gasteiger partial charge < -0.3 is 0 Å². The first kappa shape index (κ1) is 5.34. The minimum Gasteiger partial charge on any atom is -0.261 e. The van der Waals surface area contributed by atoms with E-state index in [0.29, 0.717) is 0 Å². The van der Waals surface area contributed by atoms with E-state index >= 15 is 0 Å². The molecular formula is C6H6N4. The SMILES string of the molecule is Cc1nnn2ccncc12. The van der Waals surface area contributed by atoms with Crippen LogP contribution in [0, 0.1) is 6.92 Å². The predicted molar refractivity (Wildman–Crippen MR) is 35.5 cm³/mol. The first-order valence-corrected chi connectivity index (χ1v) is 2.99. The van der Waals surface area contributed by atoms with Crippen LogP contribution in [-0.4, -0.2) is 19.8 Å². The van der Waals surface area contributed by atoms with Crippen molar-refractivity contribution in [3.05, 3.63) is 24.3 Å². The quantitative estimate of drug-likeness (QED) is 0.524. The molecule has 0 aliphatic heterocycles. The largest absolute Gasteiger partial charge is 0.261 e. The molecule has 0 radical (unpaired) electrons. The maximum Gasteiger partial charge on any atom is 0.108 e. The number of aryl methyl sites for hydroxylation is 1. The molecule has 2 rings (SSSR count). The molecule has 2 aromatic rings. The van der Waals surface area contributed by atoms with Crippen LogP contribution in [0.3, 0.4) is 0 Å². The molecule has 0 saturated carbocycles. The molecule has 0 aromatic carbocycles. The van der Waals surface area contributed by atoms with Crippen molar-refractivity contribution in [1.82, 2.24) is 19.8 Å². The van der Waals surface area contributed by atoms with Gasteiger partial charge in [0.15, 0.2) is 0 Å². The first-order valence-electron chi connectivity index (χ1n) is 2.99. The number of hydrogen-bond acceptors (Lipinski definition) is 3. The van der Waals surface area contributed by atoms with Crippen molar-refractivity contribution < 1.29 is 0 Å². The molecule has 4 nitrogen and oxygen atoms in total. The Bertz CT molecular complexity index is 351. The maximum absolute atomic E-state index is 3.95. The van der Waals surface area contributed by atoms with Crippen molar-refractivity contribution in [3.63, 3.8) is 0 Å². The highest BCUT2D eigenvalue weighted by Crippen LogP contribution is 2.01. The van der Waals surface area contributed by atoms with Crippen LogP contribution in [0.15, 0.2) is 18.6 Å². The van der Waals surface area contributed by atoms with E-state index in [1.807, 2.05) is 6.92 Å². The molecule has 0 amide bonds. The van der Waals surface area contributed by atoms with Crippen LogP contribution in [0.1, 0.15) is 5.69 Å². The van der Waals surface area contributed by atoms with Crippen molar-refractivity contribution in [2.75, 3.05) is 0 Å². The average molecular weight is 134 g/mol. The van der Waals surface area contributed by atoms with Crippen LogP contribution in [0.2, 0.25) is 0 Å². The van der Waals surface area contributed by atoms with Crippen molar-refractivity contribution in [2.24, 2.45) is 0 Å². The van der Waals surface area contributed by atoms with Gasteiger partial charge in [-0.05, 0) is 6.92 Å². The fourth-order valence-corrected chi connectivity index (χ4v) is 0.858. The molecule has 0 N–H and O–H groups in total. The van der Waals surface area contributed by atoms with E-state index in [0.717, 1.165) is 11.2 Å². The molecule has 0 aliphatic rings. The molecule has 0 atom stereocenters. The van der Waals surface area contributed by atoms with Crippen LogP contribution < -0.4 is 0 Å². The highest BCUT2D eigenvalue weighted by molar-refractivity contribution is 5.46. The Labute approximate surface area is 57.5 Å². The molecule has 2 aromatic heterocycles. The van der Waals surface area contributed by atoms with Crippen LogP contribution in [0.25, 0.3) is 5.52 Å². The Morgan fingerprint density at radius 3 is 3.20 bits per heavy atom. The number of fused-ring (bicyclic) bond motifs is 1. The Hall–Kier alpha value is -1.45. The fraction of sp³-hybridized carbons (Fsp3) is 0.167. The van der Waals surface area contributed by atoms with Gasteiger partial charge in [-0.1, -0.05) is 5.21 Å². The van der Waals surface area contributed by atoms with Crippen LogP contribution >= 0.6 is 0 Å². The highest BCUT2D eigenvalue weighted by Gasteiger charge is 1.97. The van der Waals surface area contributed by atoms with E-state index in [-0.39, 0.29) is 0 Å². The lowest BCUT2D eigenvalue weighted by Gasteiger charge is -1.86. The first-order chi connectivity index (χ1) is 4.88. The van der Waals surface area contributed by atoms with E-state index in [1.165, 1.54) is 0 Å². The smallest absolute Gasteiger partial charge is 0.108 e. The molecule has 0 aliphatic carbocycles. The van der Waals surface area contributed by atoms with Gasteiger partial charge in [0.05, 0.1) is 11.9 Å². The van der Waals surface area contributed by atoms with Gasteiger partial charge in [0.2, 0.25) is 0 Å². The lowest BCUT2D eigenvalue weighted by atomic mass is 10.4. The second-order valence-corrected chi connectivity index (χ2v) is 2.08. The molecule has 0 bridgehead atoms. The highest BCUT2D eigenvalue weighted by atomic mass is 15.4. The zero-order valence-corrected chi connectivity index (χ0v) is 5.52. The van der Waals surface area contributed by atoms with Crippen molar-refractivity contribution in [2.45, 2.75) is 6.92 Å². The van der Waals surface area contributed by atoms with Gasteiger partial charge in [-0.2, -0.15) is 0 Å². The summed E-state index contributed by atoms with van der Waals surface area (Å²) >= 11 is 0. The summed E-state index contributed by atoms with van der Waals surface area (Å²) in [5.74, 6) is 0. The standard InChI is InChI=1S/C6H6N4/c1-5-6-4-7-2-3-10(6)9-8-5/h2-4H,1H3. The van der Waals surface area contributed by atoms with E-state index < -0.39 is 0 Å². The number of hydrogen-bond donors (Lipinski definition) is 0. The summed E-state index contributed by atoms with van der Waals surface area (Å²) in [6.07, 6.45) is 5.20. The normalized spacial score (nSPS) is 10.5. The second kappa shape index (κ2) is 1.76. The van der Waals surface area contributed by atoms with Gasteiger partial charge >= 0.3 is 0 Å². The minimum absolute atomic E-state index is 0.910. The molecule has 50 valence electrons. The molecule has 0 unspecified atom stereocenters. The molecule has 0 saturated heterocycles. The average Bonchev–Trinajstić information content (AvgIpc) is 2.34. The molecule has 4 heteroatoms. The molecule has 10 heavy (non-hydrogen) atoms. The van der Waals surface area contributed by atoms with Crippen molar-refractivity contribution in [3.8, 4) is 0 Å². The van der Waals surface area contributed by atoms with Gasteiger partial charge in [0.1, 0.15) is 5.52 Å². The van der Waals surface area contributed by atoms with E-state index in [1.54, 1.807) is 23.1 Å². The summed E-state index contributed by atoms with van der Waals surface area (Å²) in [6, 6.07) is 0. The lowest BCUT2D eigenvalue weighted by Crippen LogP contribution is -1.85. The number of nitrogens with zero attached hydrogens (tertiary/aromatic N) is 4. The van der Waals surface area contributed by atoms with Gasteiger partial charge in [-0.15, -0.1) is 5.10 Å². The number of rotatable bonds is 0. The third-order valence-corrected chi connectivity index (χ3v) is 1.40. The second-order valence-electron chi connectivity index (χ2n) is 2.08. The Morgan fingerprint density at radius 2 is 2.40 bits per heavy atom. The molecular weight excluding hydrogens is 128 g/mol. The Kier molecular flexibility index (Phi) is 0.943. The lowest BCUT2D eigenvalue weighted by molar-refractivity contribution is 0.843. The van der Waals surface area contributed by atoms with E-state index in [4.69, 9.17) is 0 Å². The maximum atomic E-state index is 3.95.